The molecule has 0 saturated heterocycles. The molecule has 1 heterocycles. The third kappa shape index (κ3) is 1.27. The van der Waals surface area contributed by atoms with Crippen molar-refractivity contribution in [3.8, 4) is 0 Å². The van der Waals surface area contributed by atoms with Crippen LogP contribution < -0.4 is 0 Å². The maximum Gasteiger partial charge on any atom is 0.161 e. The van der Waals surface area contributed by atoms with E-state index in [0.29, 0.717) is 10.6 Å². The Morgan fingerprint density at radius 1 is 1.70 bits per heavy atom. The van der Waals surface area contributed by atoms with Crippen LogP contribution in [0.2, 0.25) is 0 Å². The standard InChI is InChI=1S/C6H5NO2S/c1-4(8)5-2-6(7-9)10-3-5/h2-3H,1H3. The van der Waals surface area contributed by atoms with Gasteiger partial charge in [0.05, 0.1) is 0 Å². The highest BCUT2D eigenvalue weighted by molar-refractivity contribution is 7.14. The monoisotopic (exact) mass is 155 g/mol. The molecule has 0 aliphatic heterocycles. The van der Waals surface area contributed by atoms with Crippen LogP contribution in [0.5, 0.6) is 0 Å². The van der Waals surface area contributed by atoms with Gasteiger partial charge in [0.2, 0.25) is 0 Å². The van der Waals surface area contributed by atoms with E-state index < -0.39 is 0 Å². The summed E-state index contributed by atoms with van der Waals surface area (Å²) in [7, 11) is 0. The number of hydrogen-bond acceptors (Lipinski definition) is 4. The molecule has 0 saturated carbocycles. The molecule has 52 valence electrons. The van der Waals surface area contributed by atoms with Gasteiger partial charge in [-0.15, -0.1) is 16.2 Å². The van der Waals surface area contributed by atoms with E-state index in [1.54, 1.807) is 5.38 Å². The first-order valence-corrected chi connectivity index (χ1v) is 3.55. The molecule has 0 N–H and O–H groups in total. The highest BCUT2D eigenvalue weighted by atomic mass is 32.1. The Hall–Kier alpha value is -1.03. The molecule has 0 amide bonds. The number of thiophene rings is 1. The van der Waals surface area contributed by atoms with Gasteiger partial charge in [0.15, 0.2) is 10.8 Å². The van der Waals surface area contributed by atoms with Crippen molar-refractivity contribution in [3.05, 3.63) is 21.9 Å². The van der Waals surface area contributed by atoms with E-state index in [1.165, 1.54) is 24.3 Å². The minimum absolute atomic E-state index is 0.0360. The highest BCUT2D eigenvalue weighted by Crippen LogP contribution is 2.22. The Bertz CT molecular complexity index is 266. The number of hydrogen-bond donors (Lipinski definition) is 0. The van der Waals surface area contributed by atoms with Gasteiger partial charge in [-0.1, -0.05) is 0 Å². The Morgan fingerprint density at radius 3 is 2.70 bits per heavy atom. The largest absolute Gasteiger partial charge is 0.294 e. The van der Waals surface area contributed by atoms with Crippen molar-refractivity contribution in [2.24, 2.45) is 5.18 Å². The average molecular weight is 155 g/mol. The molecule has 0 radical (unpaired) electrons. The second kappa shape index (κ2) is 2.70. The van der Waals surface area contributed by atoms with E-state index in [4.69, 9.17) is 0 Å². The van der Waals surface area contributed by atoms with E-state index in [2.05, 4.69) is 5.18 Å². The predicted molar refractivity (Wildman–Crippen MR) is 39.8 cm³/mol. The molecule has 0 aliphatic carbocycles. The summed E-state index contributed by atoms with van der Waals surface area (Å²) in [6.07, 6.45) is 0. The molecule has 4 heteroatoms. The number of Topliss-reactive ketones (excluding diaryl/α,β-unsaturated/α-hetero) is 1. The third-order valence-electron chi connectivity index (χ3n) is 1.08. The molecule has 0 fully saturated rings. The van der Waals surface area contributed by atoms with Crippen molar-refractivity contribution in [1.82, 2.24) is 0 Å². The van der Waals surface area contributed by atoms with Crippen LogP contribution in [0.25, 0.3) is 0 Å². The molecule has 1 aromatic heterocycles. The Kier molecular flexibility index (Phi) is 1.91. The third-order valence-corrected chi connectivity index (χ3v) is 1.89. The summed E-state index contributed by atoms with van der Waals surface area (Å²) in [5.41, 5.74) is 0.555. The Morgan fingerprint density at radius 2 is 2.40 bits per heavy atom. The fourth-order valence-corrected chi connectivity index (χ4v) is 1.28. The molecule has 0 atom stereocenters. The van der Waals surface area contributed by atoms with Crippen molar-refractivity contribution in [2.45, 2.75) is 6.92 Å². The predicted octanol–water partition coefficient (Wildman–Crippen LogP) is 2.35. The zero-order valence-electron chi connectivity index (χ0n) is 5.33. The SMILES string of the molecule is CC(=O)c1csc(N=O)c1. The van der Waals surface area contributed by atoms with Crippen LogP contribution in [0.4, 0.5) is 5.00 Å². The molecule has 0 unspecified atom stereocenters. The van der Waals surface area contributed by atoms with Gasteiger partial charge in [0.1, 0.15) is 0 Å². The smallest absolute Gasteiger partial charge is 0.161 e. The molecule has 0 aliphatic rings. The van der Waals surface area contributed by atoms with Crippen LogP contribution in [-0.2, 0) is 0 Å². The van der Waals surface area contributed by atoms with Gasteiger partial charge in [0.25, 0.3) is 0 Å². The first-order chi connectivity index (χ1) is 4.74. The van der Waals surface area contributed by atoms with Crippen LogP contribution in [-0.4, -0.2) is 5.78 Å². The molecular formula is C6H5NO2S. The number of rotatable bonds is 2. The van der Waals surface area contributed by atoms with Crippen LogP contribution >= 0.6 is 11.3 Å². The maximum absolute atomic E-state index is 10.6. The molecular weight excluding hydrogens is 150 g/mol. The summed E-state index contributed by atoms with van der Waals surface area (Å²) < 4.78 is 0. The van der Waals surface area contributed by atoms with Crippen molar-refractivity contribution < 1.29 is 4.79 Å². The van der Waals surface area contributed by atoms with Gasteiger partial charge < -0.3 is 0 Å². The van der Waals surface area contributed by atoms with Gasteiger partial charge in [-0.2, -0.15) is 0 Å². The molecule has 0 bridgehead atoms. The fourth-order valence-electron chi connectivity index (χ4n) is 0.557. The average Bonchev–Trinajstić information content (AvgIpc) is 2.34. The Balaban J connectivity index is 2.98. The summed E-state index contributed by atoms with van der Waals surface area (Å²) in [4.78, 5) is 20.5. The van der Waals surface area contributed by atoms with Crippen LogP contribution in [0.3, 0.4) is 0 Å². The zero-order chi connectivity index (χ0) is 7.56. The minimum Gasteiger partial charge on any atom is -0.294 e. The summed E-state index contributed by atoms with van der Waals surface area (Å²) in [5.74, 6) is -0.0360. The van der Waals surface area contributed by atoms with Gasteiger partial charge in [-0.3, -0.25) is 4.79 Å². The van der Waals surface area contributed by atoms with E-state index in [0.717, 1.165) is 0 Å². The van der Waals surface area contributed by atoms with Gasteiger partial charge in [-0.25, -0.2) is 0 Å². The summed E-state index contributed by atoms with van der Waals surface area (Å²) in [5, 5.41) is 4.67. The highest BCUT2D eigenvalue weighted by Gasteiger charge is 2.02. The Labute approximate surface area is 61.7 Å². The lowest BCUT2D eigenvalue weighted by atomic mass is 10.2. The lowest BCUT2D eigenvalue weighted by molar-refractivity contribution is 0.101. The molecule has 3 nitrogen and oxygen atoms in total. The second-order valence-corrected chi connectivity index (χ2v) is 2.71. The van der Waals surface area contributed by atoms with Crippen molar-refractivity contribution in [1.29, 1.82) is 0 Å². The van der Waals surface area contributed by atoms with E-state index in [9.17, 15) is 9.70 Å². The number of carbonyl (C=O) groups excluding carboxylic acids is 1. The van der Waals surface area contributed by atoms with Gasteiger partial charge in [-0.05, 0) is 18.2 Å². The fraction of sp³-hybridized carbons (Fsp3) is 0.167. The van der Waals surface area contributed by atoms with Crippen LogP contribution in [0, 0.1) is 4.91 Å². The molecule has 0 aromatic carbocycles. The van der Waals surface area contributed by atoms with E-state index in [-0.39, 0.29) is 5.78 Å². The minimum atomic E-state index is -0.0360. The topological polar surface area (TPSA) is 46.5 Å². The van der Waals surface area contributed by atoms with Crippen molar-refractivity contribution in [3.63, 3.8) is 0 Å². The second-order valence-electron chi connectivity index (χ2n) is 1.82. The lowest BCUT2D eigenvalue weighted by Gasteiger charge is -1.80. The maximum atomic E-state index is 10.6. The number of ketones is 1. The normalized spacial score (nSPS) is 9.30. The van der Waals surface area contributed by atoms with Crippen molar-refractivity contribution >= 4 is 22.1 Å². The number of nitroso groups, excluding NO2 is 1. The number of carbonyl (C=O) groups is 1. The zero-order valence-corrected chi connectivity index (χ0v) is 6.14. The molecule has 10 heavy (non-hydrogen) atoms. The molecule has 0 spiro atoms. The van der Waals surface area contributed by atoms with Crippen LogP contribution in [0.1, 0.15) is 17.3 Å². The van der Waals surface area contributed by atoms with Crippen LogP contribution in [0.15, 0.2) is 16.6 Å². The lowest BCUT2D eigenvalue weighted by Crippen LogP contribution is -1.85. The molecule has 1 rings (SSSR count). The molecule has 1 aromatic rings. The van der Waals surface area contributed by atoms with Gasteiger partial charge >= 0.3 is 0 Å². The van der Waals surface area contributed by atoms with Crippen molar-refractivity contribution in [2.75, 3.05) is 0 Å². The summed E-state index contributed by atoms with van der Waals surface area (Å²) >= 11 is 1.18. The van der Waals surface area contributed by atoms with E-state index >= 15 is 0 Å². The number of nitrogens with zero attached hydrogens (tertiary/aromatic N) is 1. The summed E-state index contributed by atoms with van der Waals surface area (Å²) in [6.45, 7) is 1.45. The first-order valence-electron chi connectivity index (χ1n) is 2.67. The quantitative estimate of drug-likeness (QED) is 0.486. The first kappa shape index (κ1) is 7.08. The van der Waals surface area contributed by atoms with E-state index in [1.807, 2.05) is 0 Å². The van der Waals surface area contributed by atoms with Gasteiger partial charge in [0, 0.05) is 10.9 Å². The summed E-state index contributed by atoms with van der Waals surface area (Å²) in [6, 6.07) is 1.49.